The molecule has 2 heterocycles. The molecule has 0 spiro atoms. The summed E-state index contributed by atoms with van der Waals surface area (Å²) < 4.78 is 5.32. The Hall–Kier alpha value is -2.18. The van der Waals surface area contributed by atoms with E-state index in [0.29, 0.717) is 38.2 Å². The SMILES string of the molecule is CC=CCc1nnc(C(=O)N2CCC(C(N)=O)CC2)o1. The molecule has 2 N–H and O–H groups in total. The van der Waals surface area contributed by atoms with Gasteiger partial charge in [-0.1, -0.05) is 12.2 Å². The highest BCUT2D eigenvalue weighted by atomic mass is 16.4. The molecule has 7 heteroatoms. The summed E-state index contributed by atoms with van der Waals surface area (Å²) in [5.74, 6) is -0.317. The Morgan fingerprint density at radius 1 is 1.40 bits per heavy atom. The van der Waals surface area contributed by atoms with Crippen molar-refractivity contribution in [1.82, 2.24) is 15.1 Å². The molecule has 1 fully saturated rings. The van der Waals surface area contributed by atoms with E-state index < -0.39 is 0 Å². The zero-order valence-electron chi connectivity index (χ0n) is 11.4. The third-order valence-electron chi connectivity index (χ3n) is 3.36. The summed E-state index contributed by atoms with van der Waals surface area (Å²) in [5.41, 5.74) is 5.26. The van der Waals surface area contributed by atoms with Crippen LogP contribution < -0.4 is 5.73 Å². The fourth-order valence-electron chi connectivity index (χ4n) is 2.14. The van der Waals surface area contributed by atoms with Crippen molar-refractivity contribution in [3.63, 3.8) is 0 Å². The number of carbonyl (C=O) groups is 2. The number of piperidine rings is 1. The van der Waals surface area contributed by atoms with E-state index in [4.69, 9.17) is 10.2 Å². The summed E-state index contributed by atoms with van der Waals surface area (Å²) in [6, 6.07) is 0. The van der Waals surface area contributed by atoms with Crippen molar-refractivity contribution in [3.8, 4) is 0 Å². The first-order valence-corrected chi connectivity index (χ1v) is 6.64. The van der Waals surface area contributed by atoms with Crippen molar-refractivity contribution in [2.45, 2.75) is 26.2 Å². The second-order valence-electron chi connectivity index (χ2n) is 4.74. The van der Waals surface area contributed by atoms with E-state index in [1.54, 1.807) is 4.90 Å². The number of carbonyl (C=O) groups excluding carboxylic acids is 2. The van der Waals surface area contributed by atoms with Gasteiger partial charge in [0.05, 0.1) is 0 Å². The number of hydrogen-bond donors (Lipinski definition) is 1. The van der Waals surface area contributed by atoms with Gasteiger partial charge >= 0.3 is 11.8 Å². The predicted octanol–water partition coefficient (Wildman–Crippen LogP) is 0.526. The van der Waals surface area contributed by atoms with Crippen molar-refractivity contribution in [3.05, 3.63) is 23.9 Å². The van der Waals surface area contributed by atoms with Gasteiger partial charge in [-0.2, -0.15) is 0 Å². The van der Waals surface area contributed by atoms with E-state index in [1.165, 1.54) is 0 Å². The first-order valence-electron chi connectivity index (χ1n) is 6.64. The van der Waals surface area contributed by atoms with Gasteiger partial charge in [-0.15, -0.1) is 10.2 Å². The number of nitrogens with two attached hydrogens (primary N) is 1. The molecule has 1 aromatic heterocycles. The van der Waals surface area contributed by atoms with Gasteiger partial charge in [0.1, 0.15) is 0 Å². The third kappa shape index (κ3) is 3.23. The molecule has 0 saturated carbocycles. The highest BCUT2D eigenvalue weighted by molar-refractivity contribution is 5.89. The summed E-state index contributed by atoms with van der Waals surface area (Å²) in [6.07, 6.45) is 5.43. The van der Waals surface area contributed by atoms with Gasteiger partial charge in [-0.05, 0) is 19.8 Å². The van der Waals surface area contributed by atoms with Crippen LogP contribution in [-0.4, -0.2) is 40.0 Å². The fraction of sp³-hybridized carbons (Fsp3) is 0.538. The predicted molar refractivity (Wildman–Crippen MR) is 70.6 cm³/mol. The first-order chi connectivity index (χ1) is 9.61. The highest BCUT2D eigenvalue weighted by Crippen LogP contribution is 2.18. The molecule has 1 aliphatic heterocycles. The lowest BCUT2D eigenvalue weighted by Crippen LogP contribution is -2.41. The average molecular weight is 278 g/mol. The van der Waals surface area contributed by atoms with Gasteiger partial charge < -0.3 is 15.1 Å². The summed E-state index contributed by atoms with van der Waals surface area (Å²) in [4.78, 5) is 24.9. The largest absolute Gasteiger partial charge is 0.417 e. The molecule has 2 amide bonds. The van der Waals surface area contributed by atoms with Crippen LogP contribution in [0.5, 0.6) is 0 Å². The van der Waals surface area contributed by atoms with E-state index in [9.17, 15) is 9.59 Å². The Balaban J connectivity index is 1.95. The Kier molecular flexibility index (Phi) is 4.49. The maximum atomic E-state index is 12.2. The van der Waals surface area contributed by atoms with Crippen molar-refractivity contribution >= 4 is 11.8 Å². The minimum absolute atomic E-state index is 0.00188. The molecule has 0 aliphatic carbocycles. The number of rotatable bonds is 4. The minimum Gasteiger partial charge on any atom is -0.417 e. The first kappa shape index (κ1) is 14.2. The lowest BCUT2D eigenvalue weighted by atomic mass is 9.96. The topological polar surface area (TPSA) is 102 Å². The molecule has 108 valence electrons. The van der Waals surface area contributed by atoms with E-state index >= 15 is 0 Å². The van der Waals surface area contributed by atoms with Crippen LogP contribution in [0.25, 0.3) is 0 Å². The summed E-state index contributed by atoms with van der Waals surface area (Å²) in [6.45, 7) is 2.86. The van der Waals surface area contributed by atoms with Crippen molar-refractivity contribution in [2.75, 3.05) is 13.1 Å². The molecule has 1 aliphatic rings. The number of hydrogen-bond acceptors (Lipinski definition) is 5. The van der Waals surface area contributed by atoms with Gasteiger partial charge in [-0.3, -0.25) is 9.59 Å². The van der Waals surface area contributed by atoms with Crippen molar-refractivity contribution in [2.24, 2.45) is 11.7 Å². The molecule has 0 unspecified atom stereocenters. The van der Waals surface area contributed by atoms with Gasteiger partial charge in [0, 0.05) is 25.4 Å². The Labute approximate surface area is 116 Å². The summed E-state index contributed by atoms with van der Waals surface area (Å²) >= 11 is 0. The van der Waals surface area contributed by atoms with Gasteiger partial charge in [0.25, 0.3) is 0 Å². The van der Waals surface area contributed by atoms with Crippen LogP contribution in [0.1, 0.15) is 36.3 Å². The van der Waals surface area contributed by atoms with E-state index in [2.05, 4.69) is 10.2 Å². The second kappa shape index (κ2) is 6.31. The molecule has 1 aromatic rings. The molecule has 0 radical (unpaired) electrons. The van der Waals surface area contributed by atoms with Crippen LogP contribution in [0.2, 0.25) is 0 Å². The maximum Gasteiger partial charge on any atom is 0.311 e. The Morgan fingerprint density at radius 3 is 2.70 bits per heavy atom. The molecular formula is C13H18N4O3. The zero-order valence-corrected chi connectivity index (χ0v) is 11.4. The van der Waals surface area contributed by atoms with Crippen LogP contribution >= 0.6 is 0 Å². The quantitative estimate of drug-likeness (QED) is 0.809. The molecule has 0 aromatic carbocycles. The second-order valence-corrected chi connectivity index (χ2v) is 4.74. The lowest BCUT2D eigenvalue weighted by Gasteiger charge is -2.29. The Morgan fingerprint density at radius 2 is 2.10 bits per heavy atom. The number of nitrogens with zero attached hydrogens (tertiary/aromatic N) is 3. The van der Waals surface area contributed by atoms with Crippen molar-refractivity contribution in [1.29, 1.82) is 0 Å². The number of aromatic nitrogens is 2. The molecular weight excluding hydrogens is 260 g/mol. The van der Waals surface area contributed by atoms with E-state index in [1.807, 2.05) is 19.1 Å². The van der Waals surface area contributed by atoms with Crippen LogP contribution in [0.15, 0.2) is 16.6 Å². The Bertz CT molecular complexity index is 515. The molecule has 7 nitrogen and oxygen atoms in total. The standard InChI is InChI=1S/C13H18N4O3/c1-2-3-4-10-15-16-12(20-10)13(19)17-7-5-9(6-8-17)11(14)18/h2-3,9H,4-8H2,1H3,(H2,14,18). The van der Waals surface area contributed by atoms with Crippen molar-refractivity contribution < 1.29 is 14.0 Å². The lowest BCUT2D eigenvalue weighted by molar-refractivity contribution is -0.123. The van der Waals surface area contributed by atoms with Gasteiger partial charge in [0.2, 0.25) is 11.8 Å². The minimum atomic E-state index is -0.302. The molecule has 20 heavy (non-hydrogen) atoms. The molecule has 0 bridgehead atoms. The highest BCUT2D eigenvalue weighted by Gasteiger charge is 2.28. The third-order valence-corrected chi connectivity index (χ3v) is 3.36. The van der Waals surface area contributed by atoms with Gasteiger partial charge in [0.15, 0.2) is 0 Å². The zero-order chi connectivity index (χ0) is 14.5. The van der Waals surface area contributed by atoms with Crippen LogP contribution in [0.4, 0.5) is 0 Å². The van der Waals surface area contributed by atoms with Crippen LogP contribution in [0.3, 0.4) is 0 Å². The van der Waals surface area contributed by atoms with E-state index in [0.717, 1.165) is 0 Å². The monoisotopic (exact) mass is 278 g/mol. The molecule has 1 saturated heterocycles. The number of allylic oxidation sites excluding steroid dienone is 2. The van der Waals surface area contributed by atoms with Gasteiger partial charge in [-0.25, -0.2) is 0 Å². The number of amides is 2. The average Bonchev–Trinajstić information content (AvgIpc) is 2.93. The summed E-state index contributed by atoms with van der Waals surface area (Å²) in [7, 11) is 0. The number of likely N-dealkylation sites (tertiary alicyclic amines) is 1. The molecule has 2 rings (SSSR count). The van der Waals surface area contributed by atoms with Crippen LogP contribution in [-0.2, 0) is 11.2 Å². The fourth-order valence-corrected chi connectivity index (χ4v) is 2.14. The normalized spacial score (nSPS) is 16.8. The summed E-state index contributed by atoms with van der Waals surface area (Å²) in [5, 5.41) is 7.59. The molecule has 0 atom stereocenters. The smallest absolute Gasteiger partial charge is 0.311 e. The van der Waals surface area contributed by atoms with Crippen LogP contribution in [0, 0.1) is 5.92 Å². The number of primary amides is 1. The maximum absolute atomic E-state index is 12.2. The van der Waals surface area contributed by atoms with E-state index in [-0.39, 0.29) is 23.6 Å².